The maximum Gasteiger partial charge on any atom is 0.0254 e. The molecule has 2 atom stereocenters. The second kappa shape index (κ2) is 6.01. The zero-order chi connectivity index (χ0) is 12.3. The van der Waals surface area contributed by atoms with Gasteiger partial charge in [-0.15, -0.1) is 0 Å². The van der Waals surface area contributed by atoms with E-state index in [2.05, 4.69) is 65.8 Å². The van der Waals surface area contributed by atoms with E-state index in [0.717, 1.165) is 0 Å². The maximum absolute atomic E-state index is 3.34. The third-order valence-corrected chi connectivity index (χ3v) is 4.08. The minimum Gasteiger partial charge on any atom is -0.314 e. The summed E-state index contributed by atoms with van der Waals surface area (Å²) in [5.41, 5.74) is 5.89. The van der Waals surface area contributed by atoms with Crippen LogP contribution in [0.3, 0.4) is 0 Å². The van der Waals surface area contributed by atoms with Gasteiger partial charge in [0.1, 0.15) is 0 Å². The Hall–Kier alpha value is -0.0900. The fourth-order valence-electron chi connectivity index (χ4n) is 2.26. The molecule has 90 valence electrons. The fraction of sp³-hybridized carbons (Fsp3) is 0.571. The molecule has 1 N–H and O–H groups in total. The summed E-state index contributed by atoms with van der Waals surface area (Å²) in [5.74, 6) is 0.646. The largest absolute Gasteiger partial charge is 0.314 e. The molecule has 0 saturated carbocycles. The Morgan fingerprint density at radius 1 is 1.56 bits per heavy atom. The summed E-state index contributed by atoms with van der Waals surface area (Å²) in [5, 5.41) is 3.34. The van der Waals surface area contributed by atoms with Crippen LogP contribution < -0.4 is 5.32 Å². The average Bonchev–Trinajstić information content (AvgIpc) is 2.27. The second-order valence-corrected chi connectivity index (χ2v) is 5.43. The van der Waals surface area contributed by atoms with Gasteiger partial charge in [0.25, 0.3) is 0 Å². The summed E-state index contributed by atoms with van der Waals surface area (Å²) in [4.78, 5) is 0. The van der Waals surface area contributed by atoms with Gasteiger partial charge in [0.2, 0.25) is 0 Å². The molecule has 2 heteroatoms. The van der Waals surface area contributed by atoms with Gasteiger partial charge in [-0.25, -0.2) is 0 Å². The van der Waals surface area contributed by atoms with E-state index in [1.165, 1.54) is 28.7 Å². The van der Waals surface area contributed by atoms with Crippen molar-refractivity contribution in [2.24, 2.45) is 5.92 Å². The van der Waals surface area contributed by atoms with Crippen molar-refractivity contribution >= 4 is 22.6 Å². The van der Waals surface area contributed by atoms with Crippen molar-refractivity contribution < 1.29 is 0 Å². The minimum absolute atomic E-state index is 0.472. The van der Waals surface area contributed by atoms with E-state index in [4.69, 9.17) is 0 Å². The predicted molar refractivity (Wildman–Crippen MR) is 80.9 cm³/mol. The number of rotatable bonds is 2. The van der Waals surface area contributed by atoms with Crippen molar-refractivity contribution in [2.45, 2.75) is 40.2 Å². The quantitative estimate of drug-likeness (QED) is 0.747. The second-order valence-electron chi connectivity index (χ2n) is 4.80. The first-order valence-corrected chi connectivity index (χ1v) is 7.11. The Morgan fingerprint density at radius 2 is 2.19 bits per heavy atom. The number of hydrogen-bond acceptors (Lipinski definition) is 1. The highest BCUT2D eigenvalue weighted by Crippen LogP contribution is 2.35. The molecule has 0 radical (unpaired) electrons. The van der Waals surface area contributed by atoms with Gasteiger partial charge in [-0.2, -0.15) is 0 Å². The van der Waals surface area contributed by atoms with E-state index in [-0.39, 0.29) is 0 Å². The normalized spacial score (nSPS) is 25.6. The summed E-state index contributed by atoms with van der Waals surface area (Å²) >= 11 is 2.35. The van der Waals surface area contributed by atoms with Gasteiger partial charge in [0.15, 0.2) is 0 Å². The minimum atomic E-state index is 0.472. The summed E-state index contributed by atoms with van der Waals surface area (Å²) in [6.45, 7) is 8.98. The SMILES string of the molecule is CNC(C)C1=C/C(=C/I)C(=C(C)C)CC1C. The van der Waals surface area contributed by atoms with Crippen LogP contribution in [0.15, 0.2) is 32.5 Å². The lowest BCUT2D eigenvalue weighted by Gasteiger charge is -2.29. The third-order valence-electron chi connectivity index (χ3n) is 3.40. The lowest BCUT2D eigenvalue weighted by atomic mass is 9.79. The van der Waals surface area contributed by atoms with E-state index >= 15 is 0 Å². The van der Waals surface area contributed by atoms with E-state index in [1.807, 2.05) is 7.05 Å². The Kier molecular flexibility index (Phi) is 5.25. The molecule has 0 saturated heterocycles. The highest BCUT2D eigenvalue weighted by Gasteiger charge is 2.22. The molecule has 0 aromatic heterocycles. The average molecular weight is 331 g/mol. The predicted octanol–water partition coefficient (Wildman–Crippen LogP) is 4.22. The molecule has 1 nitrogen and oxygen atoms in total. The number of likely N-dealkylation sites (N-methyl/N-ethyl adjacent to an activating group) is 1. The van der Waals surface area contributed by atoms with Crippen LogP contribution in [-0.4, -0.2) is 13.1 Å². The van der Waals surface area contributed by atoms with Crippen LogP contribution in [0, 0.1) is 5.92 Å². The molecule has 0 aliphatic heterocycles. The number of halogens is 1. The number of hydrogen-bond donors (Lipinski definition) is 1. The van der Waals surface area contributed by atoms with E-state index in [1.54, 1.807) is 0 Å². The maximum atomic E-state index is 3.34. The molecule has 1 rings (SSSR count). The molecule has 0 amide bonds. The highest BCUT2D eigenvalue weighted by atomic mass is 127. The lowest BCUT2D eigenvalue weighted by Crippen LogP contribution is -2.29. The topological polar surface area (TPSA) is 12.0 Å². The molecule has 2 unspecified atom stereocenters. The van der Waals surface area contributed by atoms with Gasteiger partial charge in [-0.1, -0.05) is 41.2 Å². The van der Waals surface area contributed by atoms with Gasteiger partial charge >= 0.3 is 0 Å². The molecule has 0 heterocycles. The Balaban J connectivity index is 3.14. The van der Waals surface area contributed by atoms with Crippen molar-refractivity contribution in [3.05, 3.63) is 32.5 Å². The molecule has 16 heavy (non-hydrogen) atoms. The van der Waals surface area contributed by atoms with Crippen LogP contribution in [0.25, 0.3) is 0 Å². The fourth-order valence-corrected chi connectivity index (χ4v) is 2.82. The summed E-state index contributed by atoms with van der Waals surface area (Å²) < 4.78 is 2.20. The van der Waals surface area contributed by atoms with Crippen molar-refractivity contribution in [1.82, 2.24) is 5.32 Å². The summed E-state index contributed by atoms with van der Waals surface area (Å²) in [6.07, 6.45) is 3.54. The van der Waals surface area contributed by atoms with Gasteiger partial charge in [-0.3, -0.25) is 0 Å². The molecule has 1 aliphatic rings. The van der Waals surface area contributed by atoms with Crippen LogP contribution in [-0.2, 0) is 0 Å². The van der Waals surface area contributed by atoms with Crippen LogP contribution >= 0.6 is 22.6 Å². The van der Waals surface area contributed by atoms with Crippen molar-refractivity contribution in [3.8, 4) is 0 Å². The zero-order valence-electron chi connectivity index (χ0n) is 10.9. The molecule has 0 aromatic rings. The standard InChI is InChI=1S/C14H22IN/c1-9(2)13-6-10(3)14(11(4)16-5)7-12(13)8-15/h7-8,10-11,16H,6H2,1-5H3/b12-8-. The van der Waals surface area contributed by atoms with Crippen LogP contribution in [0.4, 0.5) is 0 Å². The Bertz CT molecular complexity index is 346. The Labute approximate surface area is 113 Å². The van der Waals surface area contributed by atoms with Crippen molar-refractivity contribution in [2.75, 3.05) is 7.05 Å². The number of nitrogens with one attached hydrogen (secondary N) is 1. The molecular weight excluding hydrogens is 309 g/mol. The first-order valence-electron chi connectivity index (χ1n) is 5.87. The summed E-state index contributed by atoms with van der Waals surface area (Å²) in [7, 11) is 2.03. The third kappa shape index (κ3) is 2.98. The number of allylic oxidation sites excluding steroid dienone is 4. The Morgan fingerprint density at radius 3 is 2.62 bits per heavy atom. The van der Waals surface area contributed by atoms with Gasteiger partial charge in [0, 0.05) is 6.04 Å². The van der Waals surface area contributed by atoms with Crippen LogP contribution in [0.1, 0.15) is 34.1 Å². The van der Waals surface area contributed by atoms with E-state index in [9.17, 15) is 0 Å². The van der Waals surface area contributed by atoms with Crippen LogP contribution in [0.5, 0.6) is 0 Å². The van der Waals surface area contributed by atoms with E-state index < -0.39 is 0 Å². The zero-order valence-corrected chi connectivity index (χ0v) is 13.1. The highest BCUT2D eigenvalue weighted by molar-refractivity contribution is 14.1. The van der Waals surface area contributed by atoms with Crippen LogP contribution in [0.2, 0.25) is 0 Å². The van der Waals surface area contributed by atoms with Crippen molar-refractivity contribution in [3.63, 3.8) is 0 Å². The molecule has 1 aliphatic carbocycles. The molecule has 0 aromatic carbocycles. The van der Waals surface area contributed by atoms with Gasteiger partial charge < -0.3 is 5.32 Å². The molecule has 0 bridgehead atoms. The molecule has 0 spiro atoms. The van der Waals surface area contributed by atoms with Gasteiger partial charge in [0.05, 0.1) is 0 Å². The smallest absolute Gasteiger partial charge is 0.0254 e. The lowest BCUT2D eigenvalue weighted by molar-refractivity contribution is 0.557. The first-order chi connectivity index (χ1) is 7.51. The van der Waals surface area contributed by atoms with Crippen molar-refractivity contribution in [1.29, 1.82) is 0 Å². The first kappa shape index (κ1) is 14.0. The molecular formula is C14H22IN. The monoisotopic (exact) mass is 331 g/mol. The molecule has 0 fully saturated rings. The van der Waals surface area contributed by atoms with Gasteiger partial charge in [-0.05, 0) is 61.0 Å². The summed E-state index contributed by atoms with van der Waals surface area (Å²) in [6, 6.07) is 0.472. The van der Waals surface area contributed by atoms with E-state index in [0.29, 0.717) is 12.0 Å².